The first kappa shape index (κ1) is 35.3. The molecule has 8 rings (SSSR count). The Kier molecular flexibility index (Phi) is 9.77. The number of aromatic hydroxyl groups is 1. The van der Waals surface area contributed by atoms with Gasteiger partial charge in [-0.1, -0.05) is 61.5 Å². The van der Waals surface area contributed by atoms with Gasteiger partial charge in [0.25, 0.3) is 11.8 Å². The molecule has 10 nitrogen and oxygen atoms in total. The van der Waals surface area contributed by atoms with Gasteiger partial charge in [-0.3, -0.25) is 29.4 Å². The molecule has 4 amide bonds. The molecule has 0 bridgehead atoms. The van der Waals surface area contributed by atoms with E-state index in [2.05, 4.69) is 58.4 Å². The number of carbonyl (C=O) groups is 4. The Morgan fingerprint density at radius 3 is 2.11 bits per heavy atom. The molecule has 276 valence electrons. The lowest BCUT2D eigenvalue weighted by molar-refractivity contribution is -0.136. The molecule has 10 heteroatoms. The number of rotatable bonds is 11. The van der Waals surface area contributed by atoms with Crippen LogP contribution in [-0.2, 0) is 9.59 Å². The number of ether oxygens (including phenoxy) is 1. The molecule has 2 N–H and O–H groups in total. The maximum atomic E-state index is 13.3. The number of imide groups is 2. The standard InChI is InChI=1S/C44H44N4O6/c1-2-36(28-7-4-3-5-8-28)41(29-9-14-34(49)15-10-29)30-11-16-35(17-12-30)54-22-6-21-46-24-31-26-47(27-32(31)25-46)33-13-18-37-38(23-33)44(53)48(43(37)52)39-19-20-40(50)45-42(39)51/h3-5,7-18,23,31-32,39,49H,2,6,19-22,24-27H2,1H3,(H,45,50,51). The molecule has 0 radical (unpaired) electrons. The summed E-state index contributed by atoms with van der Waals surface area (Å²) in [7, 11) is 0. The van der Waals surface area contributed by atoms with Crippen LogP contribution in [0.1, 0.15) is 70.0 Å². The fourth-order valence-corrected chi connectivity index (χ4v) is 8.64. The Labute approximate surface area is 315 Å². The normalized spacial score (nSPS) is 21.6. The van der Waals surface area contributed by atoms with Gasteiger partial charge < -0.3 is 19.6 Å². The molecular formula is C44H44N4O6. The predicted octanol–water partition coefficient (Wildman–Crippen LogP) is 6.00. The number of hydrogen-bond donors (Lipinski definition) is 2. The molecule has 4 heterocycles. The van der Waals surface area contributed by atoms with Gasteiger partial charge in [0.15, 0.2) is 0 Å². The third-order valence-electron chi connectivity index (χ3n) is 11.3. The Hall–Kier alpha value is -5.74. The van der Waals surface area contributed by atoms with E-state index in [0.29, 0.717) is 29.6 Å². The summed E-state index contributed by atoms with van der Waals surface area (Å²) in [4.78, 5) is 56.4. The zero-order chi connectivity index (χ0) is 37.3. The molecule has 3 unspecified atom stereocenters. The van der Waals surface area contributed by atoms with E-state index < -0.39 is 23.8 Å². The summed E-state index contributed by atoms with van der Waals surface area (Å²) in [5, 5.41) is 12.2. The van der Waals surface area contributed by atoms with Crippen molar-refractivity contribution in [2.24, 2.45) is 11.8 Å². The highest BCUT2D eigenvalue weighted by Gasteiger charge is 2.45. The zero-order valence-electron chi connectivity index (χ0n) is 30.4. The van der Waals surface area contributed by atoms with Crippen molar-refractivity contribution in [3.8, 4) is 11.5 Å². The van der Waals surface area contributed by atoms with Crippen molar-refractivity contribution >= 4 is 40.5 Å². The lowest BCUT2D eigenvalue weighted by Crippen LogP contribution is -2.54. The van der Waals surface area contributed by atoms with Gasteiger partial charge in [0, 0.05) is 44.8 Å². The minimum absolute atomic E-state index is 0.0989. The van der Waals surface area contributed by atoms with Crippen LogP contribution in [-0.4, -0.2) is 83.9 Å². The number of hydrogen-bond acceptors (Lipinski definition) is 8. The maximum absolute atomic E-state index is 13.3. The van der Waals surface area contributed by atoms with Crippen molar-refractivity contribution in [3.05, 3.63) is 125 Å². The summed E-state index contributed by atoms with van der Waals surface area (Å²) in [5.74, 6) is 0.181. The molecule has 0 spiro atoms. The monoisotopic (exact) mass is 724 g/mol. The average Bonchev–Trinajstić information content (AvgIpc) is 3.83. The highest BCUT2D eigenvalue weighted by Crippen LogP contribution is 2.38. The number of benzene rings is 4. The van der Waals surface area contributed by atoms with Crippen LogP contribution in [0.4, 0.5) is 5.69 Å². The van der Waals surface area contributed by atoms with E-state index in [0.717, 1.165) is 78.6 Å². The number of nitrogens with zero attached hydrogens (tertiary/aromatic N) is 3. The van der Waals surface area contributed by atoms with Crippen molar-refractivity contribution in [1.29, 1.82) is 0 Å². The topological polar surface area (TPSA) is 119 Å². The van der Waals surface area contributed by atoms with Crippen molar-refractivity contribution < 1.29 is 29.0 Å². The second-order valence-electron chi connectivity index (χ2n) is 14.7. The largest absolute Gasteiger partial charge is 0.508 e. The first-order chi connectivity index (χ1) is 26.3. The third-order valence-corrected chi connectivity index (χ3v) is 11.3. The Morgan fingerprint density at radius 2 is 1.44 bits per heavy atom. The van der Waals surface area contributed by atoms with Crippen molar-refractivity contribution in [3.63, 3.8) is 0 Å². The van der Waals surface area contributed by atoms with Gasteiger partial charge in [0.2, 0.25) is 11.8 Å². The molecule has 4 aliphatic rings. The van der Waals surface area contributed by atoms with E-state index in [-0.39, 0.29) is 24.5 Å². The van der Waals surface area contributed by atoms with Crippen LogP contribution < -0.4 is 15.0 Å². The van der Waals surface area contributed by atoms with Gasteiger partial charge in [0.05, 0.1) is 17.7 Å². The van der Waals surface area contributed by atoms with Crippen molar-refractivity contribution in [2.75, 3.05) is 44.2 Å². The molecular weight excluding hydrogens is 681 g/mol. The molecule has 0 aliphatic carbocycles. The number of anilines is 1. The van der Waals surface area contributed by atoms with E-state index >= 15 is 0 Å². The molecule has 3 atom stereocenters. The van der Waals surface area contributed by atoms with Crippen LogP contribution in [0.3, 0.4) is 0 Å². The van der Waals surface area contributed by atoms with Gasteiger partial charge in [-0.05, 0) is 101 Å². The summed E-state index contributed by atoms with van der Waals surface area (Å²) >= 11 is 0. The summed E-state index contributed by atoms with van der Waals surface area (Å²) in [6.45, 7) is 7.54. The number of amides is 4. The zero-order valence-corrected chi connectivity index (χ0v) is 30.4. The van der Waals surface area contributed by atoms with E-state index in [1.807, 2.05) is 36.4 Å². The minimum atomic E-state index is -0.964. The molecule has 0 saturated carbocycles. The van der Waals surface area contributed by atoms with Crippen molar-refractivity contribution in [2.45, 2.75) is 38.6 Å². The van der Waals surface area contributed by atoms with Gasteiger partial charge in [-0.25, -0.2) is 0 Å². The minimum Gasteiger partial charge on any atom is -0.508 e. The van der Waals surface area contributed by atoms with Gasteiger partial charge in [0.1, 0.15) is 17.5 Å². The van der Waals surface area contributed by atoms with Crippen LogP contribution >= 0.6 is 0 Å². The predicted molar refractivity (Wildman–Crippen MR) is 206 cm³/mol. The molecule has 4 aliphatic heterocycles. The Morgan fingerprint density at radius 1 is 0.778 bits per heavy atom. The van der Waals surface area contributed by atoms with Gasteiger partial charge in [-0.15, -0.1) is 0 Å². The number of nitrogens with one attached hydrogen (secondary N) is 1. The summed E-state index contributed by atoms with van der Waals surface area (Å²) in [5.41, 5.74) is 7.26. The summed E-state index contributed by atoms with van der Waals surface area (Å²) in [6, 6.07) is 30.6. The number of likely N-dealkylation sites (tertiary alicyclic amines) is 1. The molecule has 54 heavy (non-hydrogen) atoms. The molecule has 3 fully saturated rings. The quantitative estimate of drug-likeness (QED) is 0.110. The SMILES string of the molecule is CCC(=C(c1ccc(O)cc1)c1ccc(OCCCN2CC3CN(c4ccc5c(c4)C(=O)N(C4CCC(=O)NC4=O)C5=O)CC3C2)cc1)c1ccccc1. The second kappa shape index (κ2) is 14.9. The number of phenols is 1. The molecule has 0 aromatic heterocycles. The van der Waals surface area contributed by atoms with E-state index in [9.17, 15) is 24.3 Å². The molecule has 4 aromatic rings. The molecule has 4 aromatic carbocycles. The van der Waals surface area contributed by atoms with E-state index in [4.69, 9.17) is 4.74 Å². The number of carbonyl (C=O) groups excluding carboxylic acids is 4. The van der Waals surface area contributed by atoms with Crippen molar-refractivity contribution in [1.82, 2.24) is 15.1 Å². The smallest absolute Gasteiger partial charge is 0.262 e. The summed E-state index contributed by atoms with van der Waals surface area (Å²) < 4.78 is 6.20. The van der Waals surface area contributed by atoms with Crippen LogP contribution in [0.25, 0.3) is 11.1 Å². The van der Waals surface area contributed by atoms with Crippen LogP contribution in [0.2, 0.25) is 0 Å². The lowest BCUT2D eigenvalue weighted by atomic mass is 9.88. The highest BCUT2D eigenvalue weighted by atomic mass is 16.5. The van der Waals surface area contributed by atoms with E-state index in [1.165, 1.54) is 11.1 Å². The number of allylic oxidation sites excluding steroid dienone is 1. The fraction of sp³-hybridized carbons (Fsp3) is 0.318. The molecule has 3 saturated heterocycles. The summed E-state index contributed by atoms with van der Waals surface area (Å²) in [6.07, 6.45) is 2.02. The Balaban J connectivity index is 0.840. The fourth-order valence-electron chi connectivity index (χ4n) is 8.64. The van der Waals surface area contributed by atoms with Gasteiger partial charge in [-0.2, -0.15) is 0 Å². The second-order valence-corrected chi connectivity index (χ2v) is 14.7. The number of phenolic OH excluding ortho intramolecular Hbond substituents is 1. The highest BCUT2D eigenvalue weighted by molar-refractivity contribution is 6.23. The number of piperidine rings is 1. The van der Waals surface area contributed by atoms with E-state index in [1.54, 1.807) is 24.3 Å². The van der Waals surface area contributed by atoms with Crippen LogP contribution in [0, 0.1) is 11.8 Å². The van der Waals surface area contributed by atoms with Crippen LogP contribution in [0.15, 0.2) is 97.1 Å². The lowest BCUT2D eigenvalue weighted by Gasteiger charge is -2.27. The Bertz CT molecular complexity index is 2100. The first-order valence-electron chi connectivity index (χ1n) is 18.9. The van der Waals surface area contributed by atoms with Gasteiger partial charge >= 0.3 is 0 Å². The average molecular weight is 725 g/mol. The maximum Gasteiger partial charge on any atom is 0.262 e. The van der Waals surface area contributed by atoms with Crippen LogP contribution in [0.5, 0.6) is 11.5 Å². The third kappa shape index (κ3) is 6.89. The number of fused-ring (bicyclic) bond motifs is 2. The first-order valence-corrected chi connectivity index (χ1v) is 18.9.